The van der Waals surface area contributed by atoms with Gasteiger partial charge in [0.1, 0.15) is 6.07 Å². The van der Waals surface area contributed by atoms with Crippen molar-refractivity contribution in [3.63, 3.8) is 0 Å². The van der Waals surface area contributed by atoms with E-state index in [0.29, 0.717) is 6.07 Å². The maximum Gasteiger partial charge on any atom is 0.384 e. The lowest BCUT2D eigenvalue weighted by Gasteiger charge is -2.51. The minimum atomic E-state index is -7.44. The Kier molecular flexibility index (Phi) is 5.37. The summed E-state index contributed by atoms with van der Waals surface area (Å²) in [7, 11) is 0. The van der Waals surface area contributed by atoms with Crippen LogP contribution >= 0.6 is 27.5 Å². The number of carbonyl (C=O) groups excluding carboxylic acids is 1. The molecule has 1 saturated carbocycles. The van der Waals surface area contributed by atoms with Crippen molar-refractivity contribution in [3.05, 3.63) is 27.2 Å². The second-order valence-corrected chi connectivity index (χ2v) is 7.20. The van der Waals surface area contributed by atoms with Crippen LogP contribution in [0.2, 0.25) is 5.02 Å². The van der Waals surface area contributed by atoms with Gasteiger partial charge in [-0.15, -0.1) is 0 Å². The molecule has 0 spiro atoms. The third kappa shape index (κ3) is 2.58. The molecule has 16 heteroatoms. The molecule has 1 aliphatic carbocycles. The zero-order chi connectivity index (χ0) is 23.7. The summed E-state index contributed by atoms with van der Waals surface area (Å²) in [5.74, 6) is -40.5. The van der Waals surface area contributed by atoms with Crippen LogP contribution in [0.3, 0.4) is 0 Å². The Labute approximate surface area is 171 Å². The number of nitrogens with zero attached hydrogens (tertiary/aromatic N) is 1. The summed E-state index contributed by atoms with van der Waals surface area (Å²) in [5.41, 5.74) is -8.82. The van der Waals surface area contributed by atoms with Gasteiger partial charge in [0.05, 0.1) is 11.3 Å². The third-order valence-electron chi connectivity index (χ3n) is 4.17. The first-order valence-corrected chi connectivity index (χ1v) is 8.21. The second-order valence-electron chi connectivity index (χ2n) is 5.91. The maximum atomic E-state index is 14.7. The van der Waals surface area contributed by atoms with Crippen LogP contribution in [0, 0.1) is 11.3 Å². The lowest BCUT2D eigenvalue weighted by molar-refractivity contribution is -0.475. The number of amides is 1. The van der Waals surface area contributed by atoms with E-state index < -0.39 is 56.9 Å². The molecule has 0 unspecified atom stereocenters. The van der Waals surface area contributed by atoms with E-state index in [0.717, 1.165) is 11.4 Å². The zero-order valence-corrected chi connectivity index (χ0v) is 15.8. The van der Waals surface area contributed by atoms with Crippen LogP contribution < -0.4 is 5.32 Å². The van der Waals surface area contributed by atoms with E-state index in [1.165, 1.54) is 6.07 Å². The molecular weight excluding hydrogens is 537 g/mol. The third-order valence-corrected chi connectivity index (χ3v) is 5.01. The Hall–Kier alpha value is -1.82. The Morgan fingerprint density at radius 3 is 1.67 bits per heavy atom. The van der Waals surface area contributed by atoms with E-state index >= 15 is 0 Å². The van der Waals surface area contributed by atoms with Gasteiger partial charge in [-0.25, -0.2) is 4.39 Å². The minimum absolute atomic E-state index is 0.280. The average molecular weight is 540 g/mol. The largest absolute Gasteiger partial charge is 0.384 e. The number of nitrogens with one attached hydrogen (secondary N) is 1. The molecule has 0 aromatic heterocycles. The molecule has 0 atom stereocenters. The summed E-state index contributed by atoms with van der Waals surface area (Å²) in [6.45, 7) is 0. The second kappa shape index (κ2) is 6.59. The normalized spacial score (nSPS) is 24.5. The summed E-state index contributed by atoms with van der Waals surface area (Å²) >= 11 is 8.09. The molecule has 1 aromatic carbocycles. The summed E-state index contributed by atoms with van der Waals surface area (Å²) in [5, 5.41) is 9.47. The van der Waals surface area contributed by atoms with Crippen LogP contribution in [0.5, 0.6) is 0 Å². The van der Waals surface area contributed by atoms with Gasteiger partial charge in [-0.3, -0.25) is 4.79 Å². The van der Waals surface area contributed by atoms with Gasteiger partial charge in [-0.2, -0.15) is 49.2 Å². The SMILES string of the molecule is N#Cc1cc(Cl)cc(Br)c1NC(=O)C1(F)C(F)(F)C(F)(F)C(F)(F)C(F)(F)C1(F)F. The van der Waals surface area contributed by atoms with Gasteiger partial charge in [0.25, 0.3) is 5.91 Å². The molecule has 0 bridgehead atoms. The number of carbonyl (C=O) groups is 1. The van der Waals surface area contributed by atoms with Gasteiger partial charge in [-0.05, 0) is 28.1 Å². The molecule has 0 saturated heterocycles. The first-order valence-electron chi connectivity index (χ1n) is 7.04. The number of hydrogen-bond acceptors (Lipinski definition) is 2. The highest BCUT2D eigenvalue weighted by Gasteiger charge is 3.02. The van der Waals surface area contributed by atoms with E-state index in [9.17, 15) is 53.1 Å². The highest BCUT2D eigenvalue weighted by atomic mass is 79.9. The highest BCUT2D eigenvalue weighted by Crippen LogP contribution is 2.69. The van der Waals surface area contributed by atoms with E-state index in [-0.39, 0.29) is 5.02 Å². The van der Waals surface area contributed by atoms with E-state index in [1.54, 1.807) is 0 Å². The van der Waals surface area contributed by atoms with Crippen molar-refractivity contribution in [3.8, 4) is 6.07 Å². The minimum Gasteiger partial charge on any atom is -0.321 e. The first-order chi connectivity index (χ1) is 13.3. The summed E-state index contributed by atoms with van der Waals surface area (Å²) in [4.78, 5) is 11.9. The molecule has 2 rings (SSSR count). The zero-order valence-electron chi connectivity index (χ0n) is 13.4. The van der Waals surface area contributed by atoms with Crippen LogP contribution in [0.25, 0.3) is 0 Å². The summed E-state index contributed by atoms with van der Waals surface area (Å²) < 4.78 is 150. The lowest BCUT2D eigenvalue weighted by Crippen LogP contribution is -2.86. The molecule has 0 radical (unpaired) electrons. The molecule has 0 heterocycles. The number of rotatable bonds is 2. The van der Waals surface area contributed by atoms with Crippen LogP contribution in [0.4, 0.5) is 54.0 Å². The molecule has 30 heavy (non-hydrogen) atoms. The van der Waals surface area contributed by atoms with Crippen LogP contribution in [0.15, 0.2) is 16.6 Å². The molecule has 1 aromatic rings. The average Bonchev–Trinajstić information content (AvgIpc) is 2.60. The molecule has 1 aliphatic rings. The number of nitriles is 1. The topological polar surface area (TPSA) is 52.9 Å². The Bertz CT molecular complexity index is 930. The van der Waals surface area contributed by atoms with Crippen molar-refractivity contribution in [2.75, 3.05) is 5.32 Å². The van der Waals surface area contributed by atoms with Gasteiger partial charge >= 0.3 is 35.3 Å². The summed E-state index contributed by atoms with van der Waals surface area (Å²) in [6, 6.07) is 2.70. The fraction of sp³-hybridized carbons (Fsp3) is 0.429. The number of anilines is 1. The van der Waals surface area contributed by atoms with Gasteiger partial charge in [0, 0.05) is 9.50 Å². The molecule has 1 amide bonds. The Balaban J connectivity index is 2.76. The maximum absolute atomic E-state index is 14.7. The van der Waals surface area contributed by atoms with E-state index in [2.05, 4.69) is 15.9 Å². The van der Waals surface area contributed by atoms with Crippen molar-refractivity contribution in [1.82, 2.24) is 0 Å². The Morgan fingerprint density at radius 2 is 1.27 bits per heavy atom. The van der Waals surface area contributed by atoms with E-state index in [4.69, 9.17) is 16.9 Å². The smallest absolute Gasteiger partial charge is 0.321 e. The Morgan fingerprint density at radius 1 is 0.867 bits per heavy atom. The number of hydrogen-bond donors (Lipinski definition) is 1. The van der Waals surface area contributed by atoms with Gasteiger partial charge in [-0.1, -0.05) is 11.6 Å². The molecule has 1 N–H and O–H groups in total. The van der Waals surface area contributed by atoms with Gasteiger partial charge < -0.3 is 5.32 Å². The molecule has 166 valence electrons. The number of halogens is 13. The quantitative estimate of drug-likeness (QED) is 0.483. The van der Waals surface area contributed by atoms with Crippen LogP contribution in [-0.2, 0) is 4.79 Å². The molecule has 1 fully saturated rings. The molecule has 3 nitrogen and oxygen atoms in total. The highest BCUT2D eigenvalue weighted by molar-refractivity contribution is 9.10. The first kappa shape index (κ1) is 24.4. The molecular formula is C14H3BrClF11N2O. The van der Waals surface area contributed by atoms with E-state index in [1.807, 2.05) is 0 Å². The number of benzene rings is 1. The van der Waals surface area contributed by atoms with Crippen molar-refractivity contribution in [2.45, 2.75) is 35.3 Å². The van der Waals surface area contributed by atoms with Crippen LogP contribution in [-0.4, -0.2) is 41.2 Å². The predicted molar refractivity (Wildman–Crippen MR) is 81.1 cm³/mol. The van der Waals surface area contributed by atoms with Gasteiger partial charge in [0.2, 0.25) is 0 Å². The van der Waals surface area contributed by atoms with Crippen molar-refractivity contribution < 1.29 is 53.1 Å². The fourth-order valence-electron chi connectivity index (χ4n) is 2.49. The van der Waals surface area contributed by atoms with Crippen molar-refractivity contribution in [2.24, 2.45) is 0 Å². The summed E-state index contributed by atoms with van der Waals surface area (Å²) in [6.07, 6.45) is 0. The predicted octanol–water partition coefficient (Wildman–Crippen LogP) is 5.81. The standard InChI is InChI=1S/C14H3BrClF11N2O/c15-6-2-5(16)1-4(3-28)7(6)29-8(30)9(17)10(18,19)12(22,23)14(26,27)13(24,25)11(9,20)21/h1-2H,(H,29,30). The monoisotopic (exact) mass is 538 g/mol. The van der Waals surface area contributed by atoms with Gasteiger partial charge in [0.15, 0.2) is 0 Å². The molecule has 0 aliphatic heterocycles. The number of alkyl halides is 11. The lowest BCUT2D eigenvalue weighted by atomic mass is 9.71. The van der Waals surface area contributed by atoms with Crippen molar-refractivity contribution in [1.29, 1.82) is 5.26 Å². The fourth-order valence-corrected chi connectivity index (χ4v) is 3.40. The van der Waals surface area contributed by atoms with Crippen molar-refractivity contribution >= 4 is 39.1 Å². The van der Waals surface area contributed by atoms with Crippen LogP contribution in [0.1, 0.15) is 5.56 Å².